The molecule has 0 saturated heterocycles. The molecule has 0 saturated carbocycles. The second-order valence-corrected chi connectivity index (χ2v) is 5.86. The zero-order chi connectivity index (χ0) is 17.1. The summed E-state index contributed by atoms with van der Waals surface area (Å²) in [6.07, 6.45) is 8.32. The SMILES string of the molecule is C=CCC(=Cc1nncc2ccccc12)c1nccc2ccccc12. The van der Waals surface area contributed by atoms with Crippen LogP contribution in [0.3, 0.4) is 0 Å². The number of fused-ring (bicyclic) bond motifs is 2. The van der Waals surface area contributed by atoms with E-state index in [1.54, 1.807) is 6.20 Å². The molecular formula is C22H17N3. The lowest BCUT2D eigenvalue weighted by molar-refractivity contribution is 1.04. The van der Waals surface area contributed by atoms with E-state index in [-0.39, 0.29) is 0 Å². The molecule has 3 nitrogen and oxygen atoms in total. The highest BCUT2D eigenvalue weighted by Gasteiger charge is 2.09. The Morgan fingerprint density at radius 3 is 2.52 bits per heavy atom. The van der Waals surface area contributed by atoms with E-state index in [0.29, 0.717) is 6.42 Å². The Kier molecular flexibility index (Phi) is 4.05. The molecule has 0 aliphatic heterocycles. The quantitative estimate of drug-likeness (QED) is 0.479. The van der Waals surface area contributed by atoms with Crippen LogP contribution in [0, 0.1) is 0 Å². The van der Waals surface area contributed by atoms with Gasteiger partial charge in [0.2, 0.25) is 0 Å². The first kappa shape index (κ1) is 15.2. The monoisotopic (exact) mass is 323 g/mol. The summed E-state index contributed by atoms with van der Waals surface area (Å²) >= 11 is 0. The Bertz CT molecular complexity index is 1090. The minimum Gasteiger partial charge on any atom is -0.256 e. The van der Waals surface area contributed by atoms with Gasteiger partial charge in [-0.15, -0.1) is 6.58 Å². The zero-order valence-corrected chi connectivity index (χ0v) is 13.8. The Labute approximate surface area is 146 Å². The minimum atomic E-state index is 0.714. The molecule has 0 atom stereocenters. The van der Waals surface area contributed by atoms with E-state index in [1.165, 1.54) is 5.39 Å². The first-order chi connectivity index (χ1) is 12.4. The van der Waals surface area contributed by atoms with Crippen LogP contribution in [0.25, 0.3) is 33.2 Å². The van der Waals surface area contributed by atoms with Gasteiger partial charge in [0.25, 0.3) is 0 Å². The van der Waals surface area contributed by atoms with Crippen LogP contribution in [0.1, 0.15) is 17.8 Å². The second kappa shape index (κ2) is 6.65. The highest BCUT2D eigenvalue weighted by molar-refractivity contribution is 5.99. The van der Waals surface area contributed by atoms with Gasteiger partial charge in [0.1, 0.15) is 0 Å². The van der Waals surface area contributed by atoms with Crippen molar-refractivity contribution < 1.29 is 0 Å². The van der Waals surface area contributed by atoms with Crippen molar-refractivity contribution in [3.63, 3.8) is 0 Å². The fraction of sp³-hybridized carbons (Fsp3) is 0.0455. The van der Waals surface area contributed by atoms with Crippen molar-refractivity contribution in [3.8, 4) is 0 Å². The van der Waals surface area contributed by atoms with Gasteiger partial charge in [0.05, 0.1) is 17.6 Å². The molecule has 0 unspecified atom stereocenters. The molecule has 0 fully saturated rings. The lowest BCUT2D eigenvalue weighted by atomic mass is 10.00. The Morgan fingerprint density at radius 2 is 1.68 bits per heavy atom. The van der Waals surface area contributed by atoms with Crippen molar-refractivity contribution in [2.24, 2.45) is 0 Å². The lowest BCUT2D eigenvalue weighted by Gasteiger charge is -2.09. The number of hydrogen-bond acceptors (Lipinski definition) is 3. The number of benzene rings is 2. The van der Waals surface area contributed by atoms with Gasteiger partial charge in [-0.2, -0.15) is 10.2 Å². The molecule has 0 radical (unpaired) electrons. The Hall–Kier alpha value is -3.33. The van der Waals surface area contributed by atoms with Crippen molar-refractivity contribution >= 4 is 33.2 Å². The summed E-state index contributed by atoms with van der Waals surface area (Å²) in [7, 11) is 0. The van der Waals surface area contributed by atoms with Crippen molar-refractivity contribution in [1.82, 2.24) is 15.2 Å². The van der Waals surface area contributed by atoms with Crippen molar-refractivity contribution in [2.75, 3.05) is 0 Å². The number of allylic oxidation sites excluding steroid dienone is 2. The van der Waals surface area contributed by atoms with E-state index in [9.17, 15) is 0 Å². The Morgan fingerprint density at radius 1 is 0.920 bits per heavy atom. The number of nitrogens with zero attached hydrogens (tertiary/aromatic N) is 3. The van der Waals surface area contributed by atoms with Crippen LogP contribution in [-0.2, 0) is 0 Å². The van der Waals surface area contributed by atoms with E-state index in [2.05, 4.69) is 46.0 Å². The van der Waals surface area contributed by atoms with Gasteiger partial charge in [-0.3, -0.25) is 4.98 Å². The van der Waals surface area contributed by atoms with Crippen LogP contribution < -0.4 is 0 Å². The molecule has 0 bridgehead atoms. The predicted octanol–water partition coefficient (Wildman–Crippen LogP) is 5.29. The third kappa shape index (κ3) is 2.92. The third-order valence-electron chi connectivity index (χ3n) is 4.25. The van der Waals surface area contributed by atoms with Crippen molar-refractivity contribution in [1.29, 1.82) is 0 Å². The summed E-state index contributed by atoms with van der Waals surface area (Å²) in [5.41, 5.74) is 2.90. The molecule has 0 amide bonds. The van der Waals surface area contributed by atoms with Gasteiger partial charge in [0.15, 0.2) is 0 Å². The fourth-order valence-electron chi connectivity index (χ4n) is 3.08. The number of pyridine rings is 1. The van der Waals surface area contributed by atoms with E-state index >= 15 is 0 Å². The van der Waals surface area contributed by atoms with Crippen molar-refractivity contribution in [3.05, 3.63) is 91.0 Å². The van der Waals surface area contributed by atoms with Crippen LogP contribution in [-0.4, -0.2) is 15.2 Å². The highest BCUT2D eigenvalue weighted by Crippen LogP contribution is 2.28. The molecule has 0 aliphatic rings. The zero-order valence-electron chi connectivity index (χ0n) is 13.8. The van der Waals surface area contributed by atoms with Crippen LogP contribution >= 0.6 is 0 Å². The number of hydrogen-bond donors (Lipinski definition) is 0. The normalized spacial score (nSPS) is 11.8. The van der Waals surface area contributed by atoms with Crippen molar-refractivity contribution in [2.45, 2.75) is 6.42 Å². The van der Waals surface area contributed by atoms with E-state index in [0.717, 1.165) is 33.1 Å². The maximum absolute atomic E-state index is 4.64. The Balaban J connectivity index is 1.94. The molecule has 120 valence electrons. The van der Waals surface area contributed by atoms with Gasteiger partial charge in [0, 0.05) is 22.4 Å². The molecule has 4 aromatic rings. The number of rotatable bonds is 4. The van der Waals surface area contributed by atoms with E-state index in [1.807, 2.05) is 48.7 Å². The molecule has 0 aliphatic carbocycles. The van der Waals surface area contributed by atoms with Crippen LogP contribution in [0.2, 0.25) is 0 Å². The largest absolute Gasteiger partial charge is 0.256 e. The molecule has 0 N–H and O–H groups in total. The molecule has 2 heterocycles. The average molecular weight is 323 g/mol. The van der Waals surface area contributed by atoms with Gasteiger partial charge < -0.3 is 0 Å². The van der Waals surface area contributed by atoms with Gasteiger partial charge in [-0.25, -0.2) is 0 Å². The summed E-state index contributed by atoms with van der Waals surface area (Å²) in [5.74, 6) is 0. The first-order valence-corrected chi connectivity index (χ1v) is 8.23. The van der Waals surface area contributed by atoms with E-state index in [4.69, 9.17) is 0 Å². The summed E-state index contributed by atoms with van der Waals surface area (Å²) in [6, 6.07) is 18.5. The highest BCUT2D eigenvalue weighted by atomic mass is 15.1. The van der Waals surface area contributed by atoms with Crippen LogP contribution in [0.5, 0.6) is 0 Å². The molecule has 2 aromatic carbocycles. The fourth-order valence-corrected chi connectivity index (χ4v) is 3.08. The maximum atomic E-state index is 4.64. The first-order valence-electron chi connectivity index (χ1n) is 8.23. The molecular weight excluding hydrogens is 306 g/mol. The summed E-state index contributed by atoms with van der Waals surface area (Å²) in [6.45, 7) is 3.91. The van der Waals surface area contributed by atoms with Crippen LogP contribution in [0.4, 0.5) is 0 Å². The minimum absolute atomic E-state index is 0.714. The average Bonchev–Trinajstić information content (AvgIpc) is 2.67. The molecule has 4 rings (SSSR count). The lowest BCUT2D eigenvalue weighted by Crippen LogP contribution is -1.93. The molecule has 3 heteroatoms. The molecule has 25 heavy (non-hydrogen) atoms. The third-order valence-corrected chi connectivity index (χ3v) is 4.25. The molecule has 2 aromatic heterocycles. The summed E-state index contributed by atoms with van der Waals surface area (Å²) in [4.78, 5) is 4.64. The predicted molar refractivity (Wildman–Crippen MR) is 104 cm³/mol. The van der Waals surface area contributed by atoms with E-state index < -0.39 is 0 Å². The van der Waals surface area contributed by atoms with Gasteiger partial charge in [-0.1, -0.05) is 54.6 Å². The smallest absolute Gasteiger partial charge is 0.0939 e. The number of aromatic nitrogens is 3. The second-order valence-electron chi connectivity index (χ2n) is 5.86. The maximum Gasteiger partial charge on any atom is 0.0939 e. The van der Waals surface area contributed by atoms with Gasteiger partial charge >= 0.3 is 0 Å². The topological polar surface area (TPSA) is 38.7 Å². The standard InChI is InChI=1S/C22H17N3/c1-2-7-17(22-20-11-6-3-8-16(20)12-13-23-22)14-21-19-10-5-4-9-18(19)15-24-25-21/h2-6,8-15H,1,7H2. The summed E-state index contributed by atoms with van der Waals surface area (Å²) < 4.78 is 0. The summed E-state index contributed by atoms with van der Waals surface area (Å²) in [5, 5.41) is 12.9. The molecule has 0 spiro atoms. The van der Waals surface area contributed by atoms with Crippen LogP contribution in [0.15, 0.2) is 79.6 Å². The van der Waals surface area contributed by atoms with Gasteiger partial charge in [-0.05, 0) is 29.5 Å².